The van der Waals surface area contributed by atoms with Gasteiger partial charge in [-0.15, -0.1) is 5.10 Å². The first-order valence-corrected chi connectivity index (χ1v) is 9.51. The fraction of sp³-hybridized carbons (Fsp3) is 0.444. The fourth-order valence-electron chi connectivity index (χ4n) is 4.14. The lowest BCUT2D eigenvalue weighted by atomic mass is 9.76. The molecule has 2 aliphatic heterocycles. The highest BCUT2D eigenvalue weighted by Crippen LogP contribution is 2.42. The van der Waals surface area contributed by atoms with Crippen LogP contribution >= 0.6 is 11.5 Å². The van der Waals surface area contributed by atoms with Crippen LogP contribution < -0.4 is 5.32 Å². The quantitative estimate of drug-likeness (QED) is 0.852. The number of carbonyl (C=O) groups excluding carboxylic acids is 2. The summed E-state index contributed by atoms with van der Waals surface area (Å²) in [7, 11) is 0. The molecule has 0 saturated carbocycles. The molecule has 2 fully saturated rings. The molecule has 1 spiro atoms. The second-order valence-electron chi connectivity index (χ2n) is 7.16. The zero-order valence-corrected chi connectivity index (χ0v) is 15.5. The number of aryl methyl sites for hydroxylation is 1. The number of nitrogens with zero attached hydrogens (tertiary/aromatic N) is 3. The average Bonchev–Trinajstić information content (AvgIpc) is 3.21. The summed E-state index contributed by atoms with van der Waals surface area (Å²) in [6.45, 7) is 2.35. The molecule has 4 rings (SSSR count). The van der Waals surface area contributed by atoms with E-state index in [4.69, 9.17) is 0 Å². The molecule has 2 aromatic rings. The van der Waals surface area contributed by atoms with E-state index in [2.05, 4.69) is 14.9 Å². The molecule has 2 saturated heterocycles. The van der Waals surface area contributed by atoms with Crippen molar-refractivity contribution in [2.24, 2.45) is 0 Å². The van der Waals surface area contributed by atoms with Crippen LogP contribution in [0.25, 0.3) is 0 Å². The highest BCUT2D eigenvalue weighted by Gasteiger charge is 2.51. The van der Waals surface area contributed by atoms with E-state index in [9.17, 15) is 18.4 Å². The minimum atomic E-state index is -0.933. The van der Waals surface area contributed by atoms with Crippen molar-refractivity contribution in [2.75, 3.05) is 13.1 Å². The molecule has 2 atom stereocenters. The average molecular weight is 392 g/mol. The molecule has 3 heterocycles. The Labute approximate surface area is 158 Å². The van der Waals surface area contributed by atoms with Gasteiger partial charge in [0.2, 0.25) is 5.91 Å². The van der Waals surface area contributed by atoms with Crippen LogP contribution in [0.5, 0.6) is 0 Å². The first-order chi connectivity index (χ1) is 12.9. The van der Waals surface area contributed by atoms with E-state index in [0.29, 0.717) is 48.5 Å². The van der Waals surface area contributed by atoms with Crippen LogP contribution in [-0.4, -0.2) is 44.9 Å². The van der Waals surface area contributed by atoms with Crippen LogP contribution in [0.2, 0.25) is 0 Å². The topological polar surface area (TPSA) is 75.2 Å². The number of halogens is 2. The first kappa shape index (κ1) is 18.0. The number of hydrogen-bond donors (Lipinski definition) is 1. The van der Waals surface area contributed by atoms with Gasteiger partial charge in [0.15, 0.2) is 11.6 Å². The summed E-state index contributed by atoms with van der Waals surface area (Å²) in [5.41, 5.74) is 0.454. The largest absolute Gasteiger partial charge is 0.348 e. The number of aromatic nitrogens is 2. The number of hydrogen-bond acceptors (Lipinski definition) is 5. The van der Waals surface area contributed by atoms with Gasteiger partial charge >= 0.3 is 0 Å². The zero-order chi connectivity index (χ0) is 19.2. The number of nitrogens with one attached hydrogen (secondary N) is 1. The molecule has 1 N–H and O–H groups in total. The Morgan fingerprint density at radius 3 is 2.85 bits per heavy atom. The molecule has 1 aromatic heterocycles. The van der Waals surface area contributed by atoms with Gasteiger partial charge in [0.05, 0.1) is 11.2 Å². The second-order valence-corrected chi connectivity index (χ2v) is 7.91. The van der Waals surface area contributed by atoms with Gasteiger partial charge < -0.3 is 10.2 Å². The summed E-state index contributed by atoms with van der Waals surface area (Å²) in [6, 6.07) is 3.78. The number of likely N-dealkylation sites (tertiary alicyclic amines) is 1. The van der Waals surface area contributed by atoms with E-state index >= 15 is 0 Å². The van der Waals surface area contributed by atoms with Gasteiger partial charge in [-0.2, -0.15) is 0 Å². The Hall–Kier alpha value is -2.42. The monoisotopic (exact) mass is 392 g/mol. The van der Waals surface area contributed by atoms with Crippen molar-refractivity contribution < 1.29 is 18.4 Å². The maximum Gasteiger partial charge on any atom is 0.267 e. The molecule has 6 nitrogen and oxygen atoms in total. The summed E-state index contributed by atoms with van der Waals surface area (Å²) in [6.07, 6.45) is 1.79. The van der Waals surface area contributed by atoms with Gasteiger partial charge in [0.25, 0.3) is 5.91 Å². The number of benzene rings is 1. The van der Waals surface area contributed by atoms with Gasteiger partial charge in [0, 0.05) is 25.4 Å². The van der Waals surface area contributed by atoms with Crippen molar-refractivity contribution in [3.8, 4) is 0 Å². The maximum absolute atomic E-state index is 13.8. The van der Waals surface area contributed by atoms with Crippen molar-refractivity contribution in [3.63, 3.8) is 0 Å². The highest BCUT2D eigenvalue weighted by molar-refractivity contribution is 7.07. The van der Waals surface area contributed by atoms with Crippen molar-refractivity contribution in [2.45, 2.75) is 37.6 Å². The molecule has 9 heteroatoms. The number of carbonyl (C=O) groups is 2. The predicted molar refractivity (Wildman–Crippen MR) is 94.4 cm³/mol. The first-order valence-electron chi connectivity index (χ1n) is 8.74. The summed E-state index contributed by atoms with van der Waals surface area (Å²) in [5.74, 6) is -2.46. The Morgan fingerprint density at radius 2 is 2.19 bits per heavy atom. The molecule has 0 radical (unpaired) electrons. The van der Waals surface area contributed by atoms with Crippen LogP contribution in [0.4, 0.5) is 8.78 Å². The lowest BCUT2D eigenvalue weighted by molar-refractivity contribution is -0.125. The van der Waals surface area contributed by atoms with Gasteiger partial charge in [-0.25, -0.2) is 8.78 Å². The summed E-state index contributed by atoms with van der Waals surface area (Å²) in [4.78, 5) is 27.2. The van der Waals surface area contributed by atoms with Gasteiger partial charge in [-0.05, 0) is 49.0 Å². The standard InChI is InChI=1S/C18H18F2N4O2S/c1-10-16(27-23-22-10)17(26)24-8-12(11-4-5-13(19)14(20)7-11)18(9-24)6-2-3-15(25)21-18/h4-5,7,12H,2-3,6,8-9H2,1H3,(H,21,25)/t12-,18+/m0/s1. The molecular weight excluding hydrogens is 374 g/mol. The lowest BCUT2D eigenvalue weighted by Crippen LogP contribution is -2.56. The third-order valence-corrected chi connectivity index (χ3v) is 6.25. The Morgan fingerprint density at radius 1 is 1.37 bits per heavy atom. The zero-order valence-electron chi connectivity index (χ0n) is 14.7. The van der Waals surface area contributed by atoms with Crippen molar-refractivity contribution in [1.82, 2.24) is 19.8 Å². The van der Waals surface area contributed by atoms with E-state index in [0.717, 1.165) is 23.7 Å². The van der Waals surface area contributed by atoms with Gasteiger partial charge in [-0.1, -0.05) is 10.6 Å². The number of amides is 2. The maximum atomic E-state index is 13.8. The molecule has 27 heavy (non-hydrogen) atoms. The van der Waals surface area contributed by atoms with Gasteiger partial charge in [-0.3, -0.25) is 9.59 Å². The van der Waals surface area contributed by atoms with Crippen LogP contribution in [0.3, 0.4) is 0 Å². The van der Waals surface area contributed by atoms with Crippen LogP contribution in [-0.2, 0) is 4.79 Å². The van der Waals surface area contributed by atoms with E-state index in [1.54, 1.807) is 11.8 Å². The third-order valence-electron chi connectivity index (χ3n) is 5.44. The molecule has 0 unspecified atom stereocenters. The number of rotatable bonds is 2. The van der Waals surface area contributed by atoms with Crippen molar-refractivity contribution >= 4 is 23.3 Å². The van der Waals surface area contributed by atoms with Crippen LogP contribution in [0, 0.1) is 18.6 Å². The summed E-state index contributed by atoms with van der Waals surface area (Å²) in [5, 5.41) is 6.93. The van der Waals surface area contributed by atoms with E-state index in [-0.39, 0.29) is 17.7 Å². The predicted octanol–water partition coefficient (Wildman–Crippen LogP) is 2.40. The lowest BCUT2D eigenvalue weighted by Gasteiger charge is -2.39. The molecule has 142 valence electrons. The normalized spacial score (nSPS) is 25.1. The highest BCUT2D eigenvalue weighted by atomic mass is 32.1. The summed E-state index contributed by atoms with van der Waals surface area (Å²) >= 11 is 1.03. The van der Waals surface area contributed by atoms with E-state index in [1.807, 2.05) is 0 Å². The SMILES string of the molecule is Cc1nnsc1C(=O)N1C[C@@H](c2ccc(F)c(F)c2)[C@@]2(CCCC(=O)N2)C1. The Bertz CT molecular complexity index is 919. The van der Waals surface area contributed by atoms with E-state index < -0.39 is 17.2 Å². The Kier molecular flexibility index (Phi) is 4.41. The molecule has 0 bridgehead atoms. The third kappa shape index (κ3) is 3.09. The second kappa shape index (κ2) is 6.63. The van der Waals surface area contributed by atoms with Crippen LogP contribution in [0.15, 0.2) is 18.2 Å². The number of piperidine rings is 1. The molecule has 1 aromatic carbocycles. The molecule has 2 aliphatic rings. The molecule has 0 aliphatic carbocycles. The summed E-state index contributed by atoms with van der Waals surface area (Å²) < 4.78 is 31.0. The minimum Gasteiger partial charge on any atom is -0.348 e. The van der Waals surface area contributed by atoms with Crippen molar-refractivity contribution in [3.05, 3.63) is 46.0 Å². The van der Waals surface area contributed by atoms with Crippen LogP contribution in [0.1, 0.15) is 46.1 Å². The molecule has 2 amide bonds. The Balaban J connectivity index is 1.71. The van der Waals surface area contributed by atoms with E-state index in [1.165, 1.54) is 6.07 Å². The minimum absolute atomic E-state index is 0.0845. The fourth-order valence-corrected chi connectivity index (χ4v) is 4.76. The van der Waals surface area contributed by atoms with Gasteiger partial charge in [0.1, 0.15) is 4.88 Å². The smallest absolute Gasteiger partial charge is 0.267 e. The molecular formula is C18H18F2N4O2S. The van der Waals surface area contributed by atoms with Crippen molar-refractivity contribution in [1.29, 1.82) is 0 Å².